The molecule has 27 heavy (non-hydrogen) atoms. The van der Waals surface area contributed by atoms with Crippen molar-refractivity contribution in [2.24, 2.45) is 0 Å². The van der Waals surface area contributed by atoms with E-state index in [2.05, 4.69) is 41.4 Å². The molecule has 142 valence electrons. The number of hydrogen-bond acceptors (Lipinski definition) is 4. The van der Waals surface area contributed by atoms with Crippen molar-refractivity contribution in [3.63, 3.8) is 0 Å². The lowest BCUT2D eigenvalue weighted by atomic mass is 10.1. The monoisotopic (exact) mass is 367 g/mol. The number of rotatable bonds is 4. The van der Waals surface area contributed by atoms with Crippen LogP contribution in [0, 0.1) is 6.92 Å². The average Bonchev–Trinajstić information content (AvgIpc) is 3.14. The summed E-state index contributed by atoms with van der Waals surface area (Å²) in [6.07, 6.45) is 0. The largest absolute Gasteiger partial charge is 0.454 e. The van der Waals surface area contributed by atoms with Crippen molar-refractivity contribution in [2.45, 2.75) is 20.0 Å². The Morgan fingerprint density at radius 3 is 2.63 bits per heavy atom. The molecule has 0 spiro atoms. The Kier molecular flexibility index (Phi) is 5.16. The van der Waals surface area contributed by atoms with E-state index in [1.54, 1.807) is 0 Å². The molecule has 1 N–H and O–H groups in total. The molecule has 0 saturated carbocycles. The van der Waals surface area contributed by atoms with E-state index in [0.29, 0.717) is 6.54 Å². The van der Waals surface area contributed by atoms with Crippen molar-refractivity contribution in [3.05, 3.63) is 59.2 Å². The van der Waals surface area contributed by atoms with Gasteiger partial charge in [0.1, 0.15) is 0 Å². The van der Waals surface area contributed by atoms with Gasteiger partial charge in [0.15, 0.2) is 11.5 Å². The van der Waals surface area contributed by atoms with Crippen molar-refractivity contribution >= 4 is 6.03 Å². The highest BCUT2D eigenvalue weighted by molar-refractivity contribution is 5.74. The van der Waals surface area contributed by atoms with Crippen LogP contribution in [-0.2, 0) is 13.1 Å². The van der Waals surface area contributed by atoms with E-state index in [9.17, 15) is 4.79 Å². The maximum absolute atomic E-state index is 12.5. The third-order valence-electron chi connectivity index (χ3n) is 5.03. The number of fused-ring (bicyclic) bond motifs is 1. The molecule has 0 aliphatic carbocycles. The molecule has 2 amide bonds. The molecule has 2 aliphatic heterocycles. The number of nitrogens with one attached hydrogen (secondary N) is 1. The summed E-state index contributed by atoms with van der Waals surface area (Å²) in [5.41, 5.74) is 3.62. The van der Waals surface area contributed by atoms with Gasteiger partial charge in [-0.05, 0) is 30.2 Å². The summed E-state index contributed by atoms with van der Waals surface area (Å²) in [4.78, 5) is 16.7. The molecule has 0 bridgehead atoms. The summed E-state index contributed by atoms with van der Waals surface area (Å²) in [7, 11) is 0. The number of ether oxygens (including phenoxy) is 2. The van der Waals surface area contributed by atoms with Gasteiger partial charge in [-0.25, -0.2) is 4.79 Å². The summed E-state index contributed by atoms with van der Waals surface area (Å²) >= 11 is 0. The van der Waals surface area contributed by atoms with Crippen molar-refractivity contribution in [2.75, 3.05) is 33.0 Å². The fraction of sp³-hybridized carbons (Fsp3) is 0.381. The summed E-state index contributed by atoms with van der Waals surface area (Å²) in [5.74, 6) is 1.50. The van der Waals surface area contributed by atoms with Crippen LogP contribution < -0.4 is 14.8 Å². The second kappa shape index (κ2) is 7.88. The lowest BCUT2D eigenvalue weighted by molar-refractivity contribution is 0.135. The topological polar surface area (TPSA) is 54.0 Å². The van der Waals surface area contributed by atoms with Gasteiger partial charge >= 0.3 is 6.03 Å². The molecule has 0 unspecified atom stereocenters. The second-order valence-corrected chi connectivity index (χ2v) is 7.10. The predicted octanol–water partition coefficient (Wildman–Crippen LogP) is 2.75. The number of benzene rings is 2. The molecular weight excluding hydrogens is 342 g/mol. The van der Waals surface area contributed by atoms with Crippen LogP contribution in [0.4, 0.5) is 4.79 Å². The number of nitrogens with zero attached hydrogens (tertiary/aromatic N) is 2. The van der Waals surface area contributed by atoms with Crippen LogP contribution in [0.3, 0.4) is 0 Å². The highest BCUT2D eigenvalue weighted by Crippen LogP contribution is 2.32. The van der Waals surface area contributed by atoms with Gasteiger partial charge in [-0.2, -0.15) is 0 Å². The number of carbonyl (C=O) groups excluding carboxylic acids is 1. The van der Waals surface area contributed by atoms with Gasteiger partial charge in [0.05, 0.1) is 0 Å². The number of urea groups is 1. The fourth-order valence-electron chi connectivity index (χ4n) is 3.52. The van der Waals surface area contributed by atoms with E-state index in [0.717, 1.165) is 49.8 Å². The van der Waals surface area contributed by atoms with Crippen LogP contribution in [0.1, 0.15) is 16.7 Å². The molecular formula is C21H25N3O3. The Balaban J connectivity index is 1.24. The molecule has 1 saturated heterocycles. The number of amides is 2. The Morgan fingerprint density at radius 1 is 1.00 bits per heavy atom. The molecule has 2 heterocycles. The first-order chi connectivity index (χ1) is 13.2. The zero-order valence-electron chi connectivity index (χ0n) is 15.6. The number of carbonyl (C=O) groups is 1. The minimum atomic E-state index is -0.0112. The first kappa shape index (κ1) is 17.7. The Bertz CT molecular complexity index is 816. The number of piperazine rings is 1. The van der Waals surface area contributed by atoms with Crippen molar-refractivity contribution in [3.8, 4) is 11.5 Å². The highest BCUT2D eigenvalue weighted by atomic mass is 16.7. The van der Waals surface area contributed by atoms with Crippen LogP contribution in [0.5, 0.6) is 11.5 Å². The molecule has 0 radical (unpaired) electrons. The number of aryl methyl sites for hydroxylation is 1. The third kappa shape index (κ3) is 4.34. The lowest BCUT2D eigenvalue weighted by Gasteiger charge is -2.34. The van der Waals surface area contributed by atoms with E-state index >= 15 is 0 Å². The quantitative estimate of drug-likeness (QED) is 0.903. The zero-order chi connectivity index (χ0) is 18.6. The van der Waals surface area contributed by atoms with E-state index in [1.807, 2.05) is 23.1 Å². The van der Waals surface area contributed by atoms with E-state index in [1.165, 1.54) is 11.1 Å². The minimum Gasteiger partial charge on any atom is -0.454 e. The van der Waals surface area contributed by atoms with Crippen LogP contribution >= 0.6 is 0 Å². The van der Waals surface area contributed by atoms with Crippen LogP contribution in [0.15, 0.2) is 42.5 Å². The normalized spacial score (nSPS) is 16.4. The first-order valence-corrected chi connectivity index (χ1v) is 9.36. The Labute approximate surface area is 159 Å². The zero-order valence-corrected chi connectivity index (χ0v) is 15.6. The van der Waals surface area contributed by atoms with Gasteiger partial charge in [0.2, 0.25) is 6.79 Å². The van der Waals surface area contributed by atoms with E-state index < -0.39 is 0 Å². The van der Waals surface area contributed by atoms with E-state index in [4.69, 9.17) is 9.47 Å². The standard InChI is InChI=1S/C21H25N3O3/c1-16-3-2-4-18(11-16)14-23-7-9-24(10-8-23)21(25)22-13-17-5-6-19-20(12-17)27-15-26-19/h2-6,11-12H,7-10,13-15H2,1H3,(H,22,25). The Hall–Kier alpha value is -2.73. The van der Waals surface area contributed by atoms with Gasteiger partial charge in [-0.3, -0.25) is 4.90 Å². The number of hydrogen-bond donors (Lipinski definition) is 1. The maximum Gasteiger partial charge on any atom is 0.317 e. The van der Waals surface area contributed by atoms with Crippen molar-refractivity contribution in [1.29, 1.82) is 0 Å². The smallest absolute Gasteiger partial charge is 0.317 e. The molecule has 4 rings (SSSR count). The highest BCUT2D eigenvalue weighted by Gasteiger charge is 2.21. The van der Waals surface area contributed by atoms with Gasteiger partial charge in [-0.1, -0.05) is 35.9 Å². The average molecular weight is 367 g/mol. The summed E-state index contributed by atoms with van der Waals surface area (Å²) in [6, 6.07) is 14.4. The SMILES string of the molecule is Cc1cccc(CN2CCN(C(=O)NCc3ccc4c(c3)OCO4)CC2)c1. The maximum atomic E-state index is 12.5. The molecule has 0 aromatic heterocycles. The molecule has 1 fully saturated rings. The molecule has 2 aromatic rings. The first-order valence-electron chi connectivity index (χ1n) is 9.36. The Morgan fingerprint density at radius 2 is 1.81 bits per heavy atom. The predicted molar refractivity (Wildman–Crippen MR) is 103 cm³/mol. The summed E-state index contributed by atoms with van der Waals surface area (Å²) in [6.45, 7) is 7.09. The van der Waals surface area contributed by atoms with Gasteiger partial charge in [0, 0.05) is 39.3 Å². The van der Waals surface area contributed by atoms with Gasteiger partial charge in [0.25, 0.3) is 0 Å². The van der Waals surface area contributed by atoms with Crippen LogP contribution in [-0.4, -0.2) is 48.8 Å². The van der Waals surface area contributed by atoms with Gasteiger partial charge < -0.3 is 19.7 Å². The van der Waals surface area contributed by atoms with Crippen molar-refractivity contribution < 1.29 is 14.3 Å². The van der Waals surface area contributed by atoms with Gasteiger partial charge in [-0.15, -0.1) is 0 Å². The lowest BCUT2D eigenvalue weighted by Crippen LogP contribution is -2.51. The summed E-state index contributed by atoms with van der Waals surface area (Å²) in [5, 5.41) is 3.00. The fourth-order valence-corrected chi connectivity index (χ4v) is 3.52. The van der Waals surface area contributed by atoms with Crippen molar-refractivity contribution in [1.82, 2.24) is 15.1 Å². The van der Waals surface area contributed by atoms with E-state index in [-0.39, 0.29) is 12.8 Å². The summed E-state index contributed by atoms with van der Waals surface area (Å²) < 4.78 is 10.7. The minimum absolute atomic E-state index is 0.0112. The molecule has 0 atom stereocenters. The molecule has 6 heteroatoms. The third-order valence-corrected chi connectivity index (χ3v) is 5.03. The second-order valence-electron chi connectivity index (χ2n) is 7.10. The van der Waals surface area contributed by atoms with Crippen LogP contribution in [0.2, 0.25) is 0 Å². The molecule has 2 aliphatic rings. The molecule has 2 aromatic carbocycles. The van der Waals surface area contributed by atoms with Crippen LogP contribution in [0.25, 0.3) is 0 Å². The molecule has 6 nitrogen and oxygen atoms in total.